The SMILES string of the molecule is CC(NC1CC(C)(C)OC1(C)C)C(=O)NC(C)(C)C. The smallest absolute Gasteiger partial charge is 0.237 e. The number of carbonyl (C=O) groups is 1. The van der Waals surface area contributed by atoms with E-state index in [1.54, 1.807) is 0 Å². The molecule has 1 saturated heterocycles. The van der Waals surface area contributed by atoms with Crippen LogP contribution in [0.3, 0.4) is 0 Å². The number of hydrogen-bond donors (Lipinski definition) is 2. The predicted molar refractivity (Wildman–Crippen MR) is 78.1 cm³/mol. The van der Waals surface area contributed by atoms with Gasteiger partial charge in [0.05, 0.1) is 17.2 Å². The fourth-order valence-electron chi connectivity index (χ4n) is 2.68. The number of nitrogens with one attached hydrogen (secondary N) is 2. The third-order valence-corrected chi connectivity index (χ3v) is 3.42. The molecule has 2 N–H and O–H groups in total. The monoisotopic (exact) mass is 270 g/mol. The van der Waals surface area contributed by atoms with E-state index >= 15 is 0 Å². The molecule has 0 saturated carbocycles. The molecule has 0 aromatic heterocycles. The lowest BCUT2D eigenvalue weighted by atomic mass is 9.93. The van der Waals surface area contributed by atoms with Crippen molar-refractivity contribution in [2.24, 2.45) is 0 Å². The number of hydrogen-bond acceptors (Lipinski definition) is 3. The highest BCUT2D eigenvalue weighted by Crippen LogP contribution is 2.37. The largest absolute Gasteiger partial charge is 0.368 e. The number of ether oxygens (including phenoxy) is 1. The average molecular weight is 270 g/mol. The maximum atomic E-state index is 12.1. The zero-order valence-corrected chi connectivity index (χ0v) is 13.7. The first kappa shape index (κ1) is 16.4. The van der Waals surface area contributed by atoms with Crippen molar-refractivity contribution >= 4 is 5.91 Å². The molecule has 1 aliphatic heterocycles. The van der Waals surface area contributed by atoms with Gasteiger partial charge in [0.2, 0.25) is 5.91 Å². The molecule has 1 aliphatic rings. The minimum Gasteiger partial charge on any atom is -0.368 e. The first-order valence-corrected chi connectivity index (χ1v) is 7.11. The van der Waals surface area contributed by atoms with Crippen molar-refractivity contribution in [3.8, 4) is 0 Å². The van der Waals surface area contributed by atoms with Crippen LogP contribution in [-0.2, 0) is 9.53 Å². The summed E-state index contributed by atoms with van der Waals surface area (Å²) in [7, 11) is 0. The summed E-state index contributed by atoms with van der Waals surface area (Å²) in [5.74, 6) is 0.0352. The first-order valence-electron chi connectivity index (χ1n) is 7.11. The van der Waals surface area contributed by atoms with Gasteiger partial charge in [-0.05, 0) is 61.8 Å². The van der Waals surface area contributed by atoms with Gasteiger partial charge < -0.3 is 15.4 Å². The van der Waals surface area contributed by atoms with Crippen molar-refractivity contribution in [3.05, 3.63) is 0 Å². The van der Waals surface area contributed by atoms with E-state index in [0.717, 1.165) is 6.42 Å². The highest BCUT2D eigenvalue weighted by molar-refractivity contribution is 5.82. The van der Waals surface area contributed by atoms with Gasteiger partial charge in [0, 0.05) is 11.6 Å². The molecule has 19 heavy (non-hydrogen) atoms. The highest BCUT2D eigenvalue weighted by Gasteiger charge is 2.46. The second kappa shape index (κ2) is 5.06. The van der Waals surface area contributed by atoms with Crippen LogP contribution in [0.15, 0.2) is 0 Å². The Morgan fingerprint density at radius 1 is 1.26 bits per heavy atom. The summed E-state index contributed by atoms with van der Waals surface area (Å²) < 4.78 is 6.04. The van der Waals surface area contributed by atoms with E-state index in [2.05, 4.69) is 38.3 Å². The van der Waals surface area contributed by atoms with Crippen LogP contribution in [0.4, 0.5) is 0 Å². The summed E-state index contributed by atoms with van der Waals surface area (Å²) >= 11 is 0. The lowest BCUT2D eigenvalue weighted by molar-refractivity contribution is -0.124. The Labute approximate surface area is 117 Å². The van der Waals surface area contributed by atoms with Crippen LogP contribution in [0.1, 0.15) is 61.8 Å². The number of amides is 1. The van der Waals surface area contributed by atoms with Crippen LogP contribution in [0.25, 0.3) is 0 Å². The van der Waals surface area contributed by atoms with E-state index in [9.17, 15) is 4.79 Å². The zero-order valence-electron chi connectivity index (χ0n) is 13.7. The molecule has 1 heterocycles. The van der Waals surface area contributed by atoms with Gasteiger partial charge in [-0.2, -0.15) is 0 Å². The molecule has 0 aromatic rings. The summed E-state index contributed by atoms with van der Waals surface area (Å²) in [4.78, 5) is 12.1. The van der Waals surface area contributed by atoms with Gasteiger partial charge in [0.1, 0.15) is 0 Å². The maximum Gasteiger partial charge on any atom is 0.237 e. The van der Waals surface area contributed by atoms with Crippen molar-refractivity contribution < 1.29 is 9.53 Å². The molecule has 0 radical (unpaired) electrons. The fraction of sp³-hybridized carbons (Fsp3) is 0.933. The Morgan fingerprint density at radius 3 is 2.16 bits per heavy atom. The van der Waals surface area contributed by atoms with Crippen molar-refractivity contribution in [1.82, 2.24) is 10.6 Å². The van der Waals surface area contributed by atoms with Crippen LogP contribution < -0.4 is 10.6 Å². The summed E-state index contributed by atoms with van der Waals surface area (Å²) in [6, 6.07) is -0.0378. The second-order valence-electron chi connectivity index (χ2n) is 7.85. The summed E-state index contributed by atoms with van der Waals surface area (Å²) in [5, 5.41) is 6.41. The molecule has 4 heteroatoms. The van der Waals surface area contributed by atoms with Gasteiger partial charge in [-0.25, -0.2) is 0 Å². The minimum atomic E-state index is -0.250. The Morgan fingerprint density at radius 2 is 1.79 bits per heavy atom. The fourth-order valence-corrected chi connectivity index (χ4v) is 2.68. The second-order valence-corrected chi connectivity index (χ2v) is 7.85. The molecule has 0 spiro atoms. The Balaban J connectivity index is 2.62. The molecule has 2 unspecified atom stereocenters. The summed E-state index contributed by atoms with van der Waals surface area (Å²) in [6.45, 7) is 16.2. The Hall–Kier alpha value is -0.610. The standard InChI is InChI=1S/C15H30N2O2/c1-10(12(18)17-13(2,3)4)16-11-9-14(5,6)19-15(11,7)8/h10-11,16H,9H2,1-8H3,(H,17,18). The molecule has 1 amide bonds. The quantitative estimate of drug-likeness (QED) is 0.827. The topological polar surface area (TPSA) is 50.4 Å². The lowest BCUT2D eigenvalue weighted by Crippen LogP contribution is -2.55. The van der Waals surface area contributed by atoms with Crippen LogP contribution in [0, 0.1) is 0 Å². The van der Waals surface area contributed by atoms with Crippen LogP contribution in [0.5, 0.6) is 0 Å². The molecular formula is C15H30N2O2. The number of carbonyl (C=O) groups excluding carboxylic acids is 1. The minimum absolute atomic E-state index is 0.0352. The van der Waals surface area contributed by atoms with Crippen LogP contribution in [0.2, 0.25) is 0 Å². The average Bonchev–Trinajstić information content (AvgIpc) is 2.30. The molecule has 0 bridgehead atoms. The van der Waals surface area contributed by atoms with E-state index < -0.39 is 0 Å². The molecule has 2 atom stereocenters. The molecule has 0 aliphatic carbocycles. The van der Waals surface area contributed by atoms with E-state index in [-0.39, 0.29) is 34.7 Å². The van der Waals surface area contributed by atoms with Gasteiger partial charge in [0.15, 0.2) is 0 Å². The molecule has 1 fully saturated rings. The van der Waals surface area contributed by atoms with E-state index in [4.69, 9.17) is 4.74 Å². The van der Waals surface area contributed by atoms with E-state index in [1.165, 1.54) is 0 Å². The summed E-state index contributed by atoms with van der Waals surface area (Å²) in [5.41, 5.74) is -0.588. The number of rotatable bonds is 3. The van der Waals surface area contributed by atoms with Gasteiger partial charge in [-0.3, -0.25) is 4.79 Å². The first-order chi connectivity index (χ1) is 8.32. The van der Waals surface area contributed by atoms with Crippen molar-refractivity contribution in [3.63, 3.8) is 0 Å². The highest BCUT2D eigenvalue weighted by atomic mass is 16.5. The van der Waals surface area contributed by atoms with Crippen molar-refractivity contribution in [1.29, 1.82) is 0 Å². The van der Waals surface area contributed by atoms with Gasteiger partial charge in [0.25, 0.3) is 0 Å². The van der Waals surface area contributed by atoms with Crippen molar-refractivity contribution in [2.45, 2.75) is 90.6 Å². The van der Waals surface area contributed by atoms with Crippen LogP contribution >= 0.6 is 0 Å². The lowest BCUT2D eigenvalue weighted by Gasteiger charge is -2.31. The molecule has 4 nitrogen and oxygen atoms in total. The van der Waals surface area contributed by atoms with E-state index in [0.29, 0.717) is 0 Å². The van der Waals surface area contributed by atoms with Crippen molar-refractivity contribution in [2.75, 3.05) is 0 Å². The Bertz CT molecular complexity index is 343. The third-order valence-electron chi connectivity index (χ3n) is 3.42. The normalized spacial score (nSPS) is 27.1. The molecule has 112 valence electrons. The summed E-state index contributed by atoms with van der Waals surface area (Å²) in [6.07, 6.45) is 0.910. The third kappa shape index (κ3) is 4.77. The predicted octanol–water partition coefficient (Wildman–Crippen LogP) is 2.23. The Kier molecular flexibility index (Phi) is 4.38. The van der Waals surface area contributed by atoms with Crippen LogP contribution in [-0.4, -0.2) is 34.7 Å². The molecule has 1 rings (SSSR count). The molecular weight excluding hydrogens is 240 g/mol. The maximum absolute atomic E-state index is 12.1. The van der Waals surface area contributed by atoms with Gasteiger partial charge in [-0.1, -0.05) is 0 Å². The molecule has 0 aromatic carbocycles. The van der Waals surface area contributed by atoms with Gasteiger partial charge >= 0.3 is 0 Å². The van der Waals surface area contributed by atoms with Gasteiger partial charge in [-0.15, -0.1) is 0 Å². The zero-order chi connectivity index (χ0) is 15.1. The van der Waals surface area contributed by atoms with E-state index in [1.807, 2.05) is 27.7 Å².